The first-order valence-electron chi connectivity index (χ1n) is 5.56. The Morgan fingerprint density at radius 2 is 2.00 bits per heavy atom. The van der Waals surface area contributed by atoms with Crippen LogP contribution in [0.5, 0.6) is 0 Å². The molecule has 0 aromatic rings. The van der Waals surface area contributed by atoms with Gasteiger partial charge in [-0.05, 0) is 25.1 Å². The Hall–Kier alpha value is -0.430. The summed E-state index contributed by atoms with van der Waals surface area (Å²) < 4.78 is 35.2. The van der Waals surface area contributed by atoms with Crippen LogP contribution < -0.4 is 10.6 Å². The molecule has 17 heavy (non-hydrogen) atoms. The van der Waals surface area contributed by atoms with Crippen LogP contribution in [0.15, 0.2) is 0 Å². The lowest BCUT2D eigenvalue weighted by Crippen LogP contribution is -2.34. The molecule has 1 atom stereocenters. The zero-order valence-corrected chi connectivity index (χ0v) is 10.9. The second kappa shape index (κ2) is 8.63. The van der Waals surface area contributed by atoms with Gasteiger partial charge >= 0.3 is 5.51 Å². The maximum absolute atomic E-state index is 11.7. The van der Waals surface area contributed by atoms with E-state index in [0.717, 1.165) is 6.42 Å². The lowest BCUT2D eigenvalue weighted by atomic mass is 10.2. The second-order valence-electron chi connectivity index (χ2n) is 3.67. The summed E-state index contributed by atoms with van der Waals surface area (Å²) in [6, 6.07) is 0.142. The highest BCUT2D eigenvalue weighted by atomic mass is 32.2. The minimum Gasteiger partial charge on any atom is -0.354 e. The molecule has 0 saturated heterocycles. The van der Waals surface area contributed by atoms with E-state index in [9.17, 15) is 18.0 Å². The van der Waals surface area contributed by atoms with Crippen LogP contribution in [0.4, 0.5) is 13.2 Å². The average molecular weight is 272 g/mol. The van der Waals surface area contributed by atoms with Gasteiger partial charge in [0.15, 0.2) is 0 Å². The molecule has 1 unspecified atom stereocenters. The summed E-state index contributed by atoms with van der Waals surface area (Å²) in [4.78, 5) is 11.3. The van der Waals surface area contributed by atoms with Crippen molar-refractivity contribution >= 4 is 17.7 Å². The summed E-state index contributed by atoms with van der Waals surface area (Å²) in [5.41, 5.74) is -4.17. The normalized spacial score (nSPS) is 13.5. The Morgan fingerprint density at radius 1 is 1.35 bits per heavy atom. The first-order valence-corrected chi connectivity index (χ1v) is 6.54. The molecule has 0 aromatic heterocycles. The van der Waals surface area contributed by atoms with E-state index in [2.05, 4.69) is 10.6 Å². The number of rotatable bonds is 8. The maximum Gasteiger partial charge on any atom is 0.441 e. The second-order valence-corrected chi connectivity index (χ2v) is 4.83. The molecule has 102 valence electrons. The largest absolute Gasteiger partial charge is 0.441 e. The third-order valence-corrected chi connectivity index (χ3v) is 2.83. The van der Waals surface area contributed by atoms with Crippen LogP contribution in [0.3, 0.4) is 0 Å². The van der Waals surface area contributed by atoms with Gasteiger partial charge in [0.1, 0.15) is 0 Å². The van der Waals surface area contributed by atoms with E-state index in [1.54, 1.807) is 0 Å². The average Bonchev–Trinajstić information content (AvgIpc) is 2.21. The van der Waals surface area contributed by atoms with Gasteiger partial charge in [-0.1, -0.05) is 6.92 Å². The van der Waals surface area contributed by atoms with Crippen molar-refractivity contribution in [1.82, 2.24) is 10.6 Å². The third-order valence-electron chi connectivity index (χ3n) is 2.09. The van der Waals surface area contributed by atoms with Crippen LogP contribution in [0, 0.1) is 0 Å². The van der Waals surface area contributed by atoms with E-state index in [0.29, 0.717) is 13.0 Å². The molecule has 0 aliphatic carbocycles. The molecular weight excluding hydrogens is 253 g/mol. The van der Waals surface area contributed by atoms with Crippen LogP contribution in [0.2, 0.25) is 0 Å². The van der Waals surface area contributed by atoms with Gasteiger partial charge in [0, 0.05) is 31.3 Å². The molecule has 0 spiro atoms. The molecule has 3 nitrogen and oxygen atoms in total. The van der Waals surface area contributed by atoms with E-state index in [-0.39, 0.29) is 36.0 Å². The summed E-state index contributed by atoms with van der Waals surface area (Å²) in [5.74, 6) is -0.105. The molecule has 7 heteroatoms. The first-order chi connectivity index (χ1) is 7.85. The van der Waals surface area contributed by atoms with Crippen molar-refractivity contribution in [3.05, 3.63) is 0 Å². The third kappa shape index (κ3) is 11.8. The summed E-state index contributed by atoms with van der Waals surface area (Å²) in [5, 5.41) is 5.58. The van der Waals surface area contributed by atoms with Gasteiger partial charge < -0.3 is 10.6 Å². The molecule has 0 heterocycles. The minimum absolute atomic E-state index is 0.0313. The molecule has 0 rings (SSSR count). The number of carbonyl (C=O) groups is 1. The SMILES string of the molecule is CCC(C)NC(=O)CCNCCSC(F)(F)F. The molecule has 0 aliphatic heterocycles. The molecule has 0 aromatic carbocycles. The number of hydrogen-bond acceptors (Lipinski definition) is 3. The Balaban J connectivity index is 3.37. The van der Waals surface area contributed by atoms with Gasteiger partial charge in [-0.15, -0.1) is 0 Å². The number of nitrogens with one attached hydrogen (secondary N) is 2. The molecule has 2 N–H and O–H groups in total. The lowest BCUT2D eigenvalue weighted by molar-refractivity contribution is -0.121. The fourth-order valence-corrected chi connectivity index (χ4v) is 1.49. The Kier molecular flexibility index (Phi) is 8.41. The monoisotopic (exact) mass is 272 g/mol. The number of amides is 1. The molecule has 0 bridgehead atoms. The van der Waals surface area contributed by atoms with Crippen LogP contribution in [-0.2, 0) is 4.79 Å². The van der Waals surface area contributed by atoms with Gasteiger partial charge in [0.25, 0.3) is 0 Å². The molecule has 0 aliphatic rings. The number of halogens is 3. The molecule has 0 fully saturated rings. The number of thioether (sulfide) groups is 1. The Bertz CT molecular complexity index is 224. The van der Waals surface area contributed by atoms with Crippen molar-refractivity contribution in [3.63, 3.8) is 0 Å². The highest BCUT2D eigenvalue weighted by Crippen LogP contribution is 2.29. The van der Waals surface area contributed by atoms with Crippen LogP contribution >= 0.6 is 11.8 Å². The van der Waals surface area contributed by atoms with E-state index >= 15 is 0 Å². The predicted molar refractivity (Wildman–Crippen MR) is 63.9 cm³/mol. The van der Waals surface area contributed by atoms with Crippen LogP contribution in [0.1, 0.15) is 26.7 Å². The van der Waals surface area contributed by atoms with Crippen molar-refractivity contribution in [3.8, 4) is 0 Å². The maximum atomic E-state index is 11.7. The van der Waals surface area contributed by atoms with E-state index in [1.807, 2.05) is 13.8 Å². The van der Waals surface area contributed by atoms with Crippen LogP contribution in [-0.4, -0.2) is 36.3 Å². The number of carbonyl (C=O) groups excluding carboxylic acids is 1. The van der Waals surface area contributed by atoms with E-state index < -0.39 is 5.51 Å². The summed E-state index contributed by atoms with van der Waals surface area (Å²) in [7, 11) is 0. The molecule has 0 saturated carbocycles. The predicted octanol–water partition coefficient (Wildman–Crippen LogP) is 2.13. The highest BCUT2D eigenvalue weighted by molar-refractivity contribution is 8.00. The lowest BCUT2D eigenvalue weighted by Gasteiger charge is -2.11. The Morgan fingerprint density at radius 3 is 2.53 bits per heavy atom. The standard InChI is InChI=1S/C10H19F3N2OS/c1-3-8(2)15-9(16)4-5-14-6-7-17-10(11,12)13/h8,14H,3-7H2,1-2H3,(H,15,16). The smallest absolute Gasteiger partial charge is 0.354 e. The summed E-state index contributed by atoms with van der Waals surface area (Å²) in [6.45, 7) is 4.53. The van der Waals surface area contributed by atoms with Crippen molar-refractivity contribution in [2.24, 2.45) is 0 Å². The van der Waals surface area contributed by atoms with E-state index in [4.69, 9.17) is 0 Å². The fourth-order valence-electron chi connectivity index (χ4n) is 1.01. The summed E-state index contributed by atoms with van der Waals surface area (Å²) >= 11 is -0.0564. The van der Waals surface area contributed by atoms with Crippen LogP contribution in [0.25, 0.3) is 0 Å². The zero-order chi connectivity index (χ0) is 13.3. The highest BCUT2D eigenvalue weighted by Gasteiger charge is 2.27. The fraction of sp³-hybridized carbons (Fsp3) is 0.900. The number of alkyl halides is 3. The van der Waals surface area contributed by atoms with Crippen molar-refractivity contribution in [2.45, 2.75) is 38.2 Å². The van der Waals surface area contributed by atoms with Gasteiger partial charge in [-0.2, -0.15) is 13.2 Å². The molecule has 0 radical (unpaired) electrons. The zero-order valence-electron chi connectivity index (χ0n) is 10.1. The quantitative estimate of drug-likeness (QED) is 0.665. The van der Waals surface area contributed by atoms with E-state index in [1.165, 1.54) is 0 Å². The molecular formula is C10H19F3N2OS. The van der Waals surface area contributed by atoms with Gasteiger partial charge in [0.2, 0.25) is 5.91 Å². The minimum atomic E-state index is -4.17. The van der Waals surface area contributed by atoms with Gasteiger partial charge in [-0.25, -0.2) is 0 Å². The van der Waals surface area contributed by atoms with Gasteiger partial charge in [-0.3, -0.25) is 4.79 Å². The van der Waals surface area contributed by atoms with Gasteiger partial charge in [0.05, 0.1) is 0 Å². The Labute approximate surface area is 104 Å². The first kappa shape index (κ1) is 16.6. The molecule has 1 amide bonds. The topological polar surface area (TPSA) is 41.1 Å². The summed E-state index contributed by atoms with van der Waals surface area (Å²) in [6.07, 6.45) is 1.16. The number of hydrogen-bond donors (Lipinski definition) is 2. The van der Waals surface area contributed by atoms with Crippen molar-refractivity contribution < 1.29 is 18.0 Å². The van der Waals surface area contributed by atoms with Crippen molar-refractivity contribution in [1.29, 1.82) is 0 Å². The van der Waals surface area contributed by atoms with Crippen molar-refractivity contribution in [2.75, 3.05) is 18.8 Å².